The zero-order valence-electron chi connectivity index (χ0n) is 18.1. The first-order valence-corrected chi connectivity index (χ1v) is 11.5. The summed E-state index contributed by atoms with van der Waals surface area (Å²) in [5.41, 5.74) is 3.04. The second kappa shape index (κ2) is 8.78. The van der Waals surface area contributed by atoms with Crippen molar-refractivity contribution in [3.8, 4) is 11.5 Å². The van der Waals surface area contributed by atoms with Crippen LogP contribution in [0.2, 0.25) is 0 Å². The summed E-state index contributed by atoms with van der Waals surface area (Å²) in [7, 11) is 3.21. The van der Waals surface area contributed by atoms with Gasteiger partial charge < -0.3 is 14.8 Å². The minimum Gasteiger partial charge on any atom is -0.497 e. The van der Waals surface area contributed by atoms with E-state index in [1.807, 2.05) is 24.3 Å². The number of thioether (sulfide) groups is 1. The zero-order valence-corrected chi connectivity index (χ0v) is 18.9. The number of methoxy groups -OCH3 is 2. The summed E-state index contributed by atoms with van der Waals surface area (Å²) in [6, 6.07) is 18.8. The number of urea groups is 1. The molecule has 2 amide bonds. The number of halogens is 1. The predicted octanol–water partition coefficient (Wildman–Crippen LogP) is 5.56. The standard InChI is InChI=1S/C25H22FN3O3S/c1-31-18-8-3-15(4-9-18)24-21-14-33-22-12-5-16(26)13-20(22)23(21)28-29(24)25(30)27-17-6-10-19(32-2)11-7-17/h3-13,21,24H,14H2,1-2H3,(H,27,30). The number of carbonyl (C=O) groups excluding carboxylic acids is 1. The Morgan fingerprint density at radius 1 is 1.03 bits per heavy atom. The van der Waals surface area contributed by atoms with Crippen molar-refractivity contribution >= 4 is 29.2 Å². The van der Waals surface area contributed by atoms with Gasteiger partial charge in [-0.1, -0.05) is 12.1 Å². The SMILES string of the molecule is COc1ccc(NC(=O)N2N=C3c4cc(F)ccc4SCC3C2c2ccc(OC)cc2)cc1. The number of fused-ring (bicyclic) bond motifs is 3. The summed E-state index contributed by atoms with van der Waals surface area (Å²) in [6.45, 7) is 0. The summed E-state index contributed by atoms with van der Waals surface area (Å²) in [5, 5.41) is 9.12. The van der Waals surface area contributed by atoms with E-state index in [4.69, 9.17) is 14.6 Å². The molecule has 0 radical (unpaired) electrons. The lowest BCUT2D eigenvalue weighted by atomic mass is 9.88. The number of ether oxygens (including phenoxy) is 2. The minimum atomic E-state index is -0.356. The number of anilines is 1. The van der Waals surface area contributed by atoms with Crippen molar-refractivity contribution in [2.24, 2.45) is 11.0 Å². The fraction of sp³-hybridized carbons (Fsp3) is 0.200. The highest BCUT2D eigenvalue weighted by molar-refractivity contribution is 7.99. The number of hydrogen-bond acceptors (Lipinski definition) is 5. The maximum absolute atomic E-state index is 14.1. The fourth-order valence-electron chi connectivity index (χ4n) is 4.21. The number of amides is 2. The second-order valence-corrected chi connectivity index (χ2v) is 8.83. The van der Waals surface area contributed by atoms with E-state index in [0.29, 0.717) is 11.4 Å². The number of benzene rings is 3. The van der Waals surface area contributed by atoms with Crippen LogP contribution in [0.25, 0.3) is 0 Å². The van der Waals surface area contributed by atoms with Crippen LogP contribution in [-0.4, -0.2) is 36.7 Å². The monoisotopic (exact) mass is 463 g/mol. The van der Waals surface area contributed by atoms with Crippen molar-refractivity contribution in [3.05, 3.63) is 83.7 Å². The average Bonchev–Trinajstić information content (AvgIpc) is 3.25. The molecule has 0 bridgehead atoms. The predicted molar refractivity (Wildman–Crippen MR) is 127 cm³/mol. The Morgan fingerprint density at radius 3 is 2.36 bits per heavy atom. The van der Waals surface area contributed by atoms with Crippen LogP contribution in [0.1, 0.15) is 17.2 Å². The topological polar surface area (TPSA) is 63.2 Å². The van der Waals surface area contributed by atoms with Crippen LogP contribution in [0.3, 0.4) is 0 Å². The Labute approximate surface area is 195 Å². The molecule has 0 aliphatic carbocycles. The Morgan fingerprint density at radius 2 is 1.70 bits per heavy atom. The molecule has 0 spiro atoms. The molecule has 0 fully saturated rings. The maximum atomic E-state index is 14.1. The maximum Gasteiger partial charge on any atom is 0.342 e. The first kappa shape index (κ1) is 21.3. The summed E-state index contributed by atoms with van der Waals surface area (Å²) in [6.07, 6.45) is 0. The van der Waals surface area contributed by atoms with Crippen molar-refractivity contribution < 1.29 is 18.7 Å². The summed E-state index contributed by atoms with van der Waals surface area (Å²) in [4.78, 5) is 14.3. The zero-order chi connectivity index (χ0) is 22.9. The molecule has 0 saturated heterocycles. The van der Waals surface area contributed by atoms with Gasteiger partial charge in [0.05, 0.1) is 26.0 Å². The van der Waals surface area contributed by atoms with E-state index in [1.54, 1.807) is 56.3 Å². The lowest BCUT2D eigenvalue weighted by Gasteiger charge is -2.29. The number of hydrazone groups is 1. The summed E-state index contributed by atoms with van der Waals surface area (Å²) < 4.78 is 24.6. The van der Waals surface area contributed by atoms with Gasteiger partial charge in [0.2, 0.25) is 0 Å². The first-order valence-electron chi connectivity index (χ1n) is 10.5. The lowest BCUT2D eigenvalue weighted by Crippen LogP contribution is -2.35. The van der Waals surface area contributed by atoms with Gasteiger partial charge >= 0.3 is 6.03 Å². The Bertz CT molecular complexity index is 1210. The lowest BCUT2D eigenvalue weighted by molar-refractivity contribution is 0.192. The van der Waals surface area contributed by atoms with Crippen molar-refractivity contribution in [2.75, 3.05) is 25.3 Å². The van der Waals surface area contributed by atoms with Gasteiger partial charge in [-0.25, -0.2) is 14.2 Å². The van der Waals surface area contributed by atoms with Crippen LogP contribution in [0, 0.1) is 11.7 Å². The molecule has 2 heterocycles. The van der Waals surface area contributed by atoms with Gasteiger partial charge in [0, 0.05) is 27.8 Å². The highest BCUT2D eigenvalue weighted by atomic mass is 32.2. The summed E-state index contributed by atoms with van der Waals surface area (Å²) >= 11 is 1.66. The van der Waals surface area contributed by atoms with Crippen molar-refractivity contribution in [1.29, 1.82) is 0 Å². The van der Waals surface area contributed by atoms with E-state index in [9.17, 15) is 9.18 Å². The van der Waals surface area contributed by atoms with Crippen molar-refractivity contribution in [2.45, 2.75) is 10.9 Å². The van der Waals surface area contributed by atoms with Crippen LogP contribution in [0.15, 0.2) is 76.7 Å². The van der Waals surface area contributed by atoms with Crippen molar-refractivity contribution in [3.63, 3.8) is 0 Å². The number of rotatable bonds is 4. The van der Waals surface area contributed by atoms with Gasteiger partial charge in [0.25, 0.3) is 0 Å². The number of carbonyl (C=O) groups is 1. The van der Waals surface area contributed by atoms with E-state index in [-0.39, 0.29) is 23.8 Å². The van der Waals surface area contributed by atoms with Gasteiger partial charge in [-0.3, -0.25) is 0 Å². The third kappa shape index (κ3) is 4.02. The molecule has 1 N–H and O–H groups in total. The van der Waals surface area contributed by atoms with Crippen LogP contribution >= 0.6 is 11.8 Å². The number of nitrogens with one attached hydrogen (secondary N) is 1. The molecule has 2 atom stereocenters. The summed E-state index contributed by atoms with van der Waals surface area (Å²) in [5.74, 6) is 1.78. The van der Waals surface area contributed by atoms with Gasteiger partial charge in [-0.2, -0.15) is 5.10 Å². The van der Waals surface area contributed by atoms with Gasteiger partial charge in [0.1, 0.15) is 17.3 Å². The van der Waals surface area contributed by atoms with Gasteiger partial charge in [-0.05, 0) is 60.2 Å². The first-order chi connectivity index (χ1) is 16.1. The molecule has 2 aliphatic heterocycles. The normalized spacial score (nSPS) is 18.8. The quantitative estimate of drug-likeness (QED) is 0.550. The Hall–Kier alpha value is -3.52. The molecule has 168 valence electrons. The molecule has 0 aromatic heterocycles. The second-order valence-electron chi connectivity index (χ2n) is 7.76. The third-order valence-electron chi connectivity index (χ3n) is 5.85. The number of nitrogens with zero attached hydrogens (tertiary/aromatic N) is 2. The molecule has 8 heteroatoms. The smallest absolute Gasteiger partial charge is 0.342 e. The van der Waals surface area contributed by atoms with Crippen LogP contribution < -0.4 is 14.8 Å². The minimum absolute atomic E-state index is 0.0701. The largest absolute Gasteiger partial charge is 0.497 e. The highest BCUT2D eigenvalue weighted by Gasteiger charge is 2.44. The van der Waals surface area contributed by atoms with E-state index in [2.05, 4.69) is 5.32 Å². The molecule has 0 saturated carbocycles. The van der Waals surface area contributed by atoms with Crippen LogP contribution in [-0.2, 0) is 0 Å². The third-order valence-corrected chi connectivity index (χ3v) is 7.05. The Kier molecular flexibility index (Phi) is 5.68. The molecular formula is C25H22FN3O3S. The van der Waals surface area contributed by atoms with Crippen LogP contribution in [0.5, 0.6) is 11.5 Å². The molecule has 6 nitrogen and oxygen atoms in total. The van der Waals surface area contributed by atoms with Gasteiger partial charge in [0.15, 0.2) is 0 Å². The Balaban J connectivity index is 1.52. The highest BCUT2D eigenvalue weighted by Crippen LogP contribution is 2.46. The molecule has 2 aliphatic rings. The van der Waals surface area contributed by atoms with Gasteiger partial charge in [-0.15, -0.1) is 11.8 Å². The molecule has 5 rings (SSSR count). The van der Waals surface area contributed by atoms with Crippen LogP contribution in [0.4, 0.5) is 14.9 Å². The molecular weight excluding hydrogens is 441 g/mol. The number of hydrogen-bond donors (Lipinski definition) is 1. The van der Waals surface area contributed by atoms with E-state index >= 15 is 0 Å². The molecule has 3 aromatic rings. The molecule has 33 heavy (non-hydrogen) atoms. The van der Waals surface area contributed by atoms with E-state index in [1.165, 1.54) is 17.1 Å². The molecule has 2 unspecified atom stereocenters. The van der Waals surface area contributed by atoms with E-state index in [0.717, 1.165) is 33.2 Å². The van der Waals surface area contributed by atoms with Crippen molar-refractivity contribution in [1.82, 2.24) is 5.01 Å². The average molecular weight is 464 g/mol. The molecule has 3 aromatic carbocycles. The fourth-order valence-corrected chi connectivity index (χ4v) is 5.39. The van der Waals surface area contributed by atoms with E-state index < -0.39 is 0 Å².